The first-order chi connectivity index (χ1) is 6.63. The number of hydrogen-bond acceptors (Lipinski definition) is 2. The Morgan fingerprint density at radius 3 is 2.71 bits per heavy atom. The number of rotatable bonds is 4. The van der Waals surface area contributed by atoms with Crippen molar-refractivity contribution in [2.45, 2.75) is 52.1 Å². The third kappa shape index (κ3) is 3.58. The molecule has 0 amide bonds. The van der Waals surface area contributed by atoms with Gasteiger partial charge in [0.05, 0.1) is 0 Å². The minimum atomic E-state index is 0.666. The molecule has 0 saturated carbocycles. The van der Waals surface area contributed by atoms with E-state index in [4.69, 9.17) is 0 Å². The molecule has 0 aromatic heterocycles. The molecule has 2 unspecified atom stereocenters. The van der Waals surface area contributed by atoms with Crippen molar-refractivity contribution in [1.29, 1.82) is 0 Å². The van der Waals surface area contributed by atoms with Crippen molar-refractivity contribution in [2.75, 3.05) is 20.1 Å². The second-order valence-corrected chi connectivity index (χ2v) is 4.98. The molecule has 0 radical (unpaired) electrons. The van der Waals surface area contributed by atoms with E-state index in [0.29, 0.717) is 6.04 Å². The highest BCUT2D eigenvalue weighted by atomic mass is 15.1. The maximum absolute atomic E-state index is 3.63. The molecule has 1 N–H and O–H groups in total. The van der Waals surface area contributed by atoms with Crippen LogP contribution in [-0.4, -0.2) is 37.1 Å². The van der Waals surface area contributed by atoms with E-state index >= 15 is 0 Å². The minimum Gasteiger partial charge on any atom is -0.313 e. The highest BCUT2D eigenvalue weighted by molar-refractivity contribution is 4.80. The third-order valence-electron chi connectivity index (χ3n) is 3.57. The lowest BCUT2D eigenvalue weighted by atomic mass is 9.90. The van der Waals surface area contributed by atoms with Crippen molar-refractivity contribution in [3.63, 3.8) is 0 Å². The molecule has 2 heteroatoms. The van der Waals surface area contributed by atoms with Crippen LogP contribution in [0.25, 0.3) is 0 Å². The van der Waals surface area contributed by atoms with Gasteiger partial charge in [0.1, 0.15) is 0 Å². The third-order valence-corrected chi connectivity index (χ3v) is 3.57. The molecule has 2 nitrogen and oxygen atoms in total. The molecule has 2 atom stereocenters. The van der Waals surface area contributed by atoms with Gasteiger partial charge in [-0.3, -0.25) is 0 Å². The molecule has 0 aromatic carbocycles. The van der Waals surface area contributed by atoms with E-state index in [-0.39, 0.29) is 0 Å². The number of nitrogens with one attached hydrogen (secondary N) is 1. The van der Waals surface area contributed by atoms with Gasteiger partial charge in [-0.1, -0.05) is 13.3 Å². The molecular weight excluding hydrogens is 172 g/mol. The lowest BCUT2D eigenvalue weighted by Crippen LogP contribution is -2.46. The number of piperidine rings is 1. The second-order valence-electron chi connectivity index (χ2n) is 4.98. The minimum absolute atomic E-state index is 0.666. The van der Waals surface area contributed by atoms with Crippen LogP contribution in [0.3, 0.4) is 0 Å². The van der Waals surface area contributed by atoms with Crippen molar-refractivity contribution in [3.8, 4) is 0 Å². The van der Waals surface area contributed by atoms with E-state index in [0.717, 1.165) is 12.0 Å². The summed E-state index contributed by atoms with van der Waals surface area (Å²) in [5, 5.41) is 3.63. The van der Waals surface area contributed by atoms with Crippen LogP contribution in [0.5, 0.6) is 0 Å². The summed E-state index contributed by atoms with van der Waals surface area (Å²) >= 11 is 0. The van der Waals surface area contributed by atoms with E-state index < -0.39 is 0 Å². The normalized spacial score (nSPS) is 28.7. The number of nitrogens with zero attached hydrogens (tertiary/aromatic N) is 1. The van der Waals surface area contributed by atoms with E-state index in [9.17, 15) is 0 Å². The Morgan fingerprint density at radius 2 is 2.14 bits per heavy atom. The van der Waals surface area contributed by atoms with Crippen LogP contribution in [0, 0.1) is 5.92 Å². The quantitative estimate of drug-likeness (QED) is 0.744. The average molecular weight is 198 g/mol. The lowest BCUT2D eigenvalue weighted by molar-refractivity contribution is 0.199. The molecule has 14 heavy (non-hydrogen) atoms. The summed E-state index contributed by atoms with van der Waals surface area (Å²) in [5.41, 5.74) is 0. The van der Waals surface area contributed by atoms with Gasteiger partial charge in [-0.05, 0) is 46.2 Å². The molecule has 84 valence electrons. The first-order valence-corrected chi connectivity index (χ1v) is 6.07. The first kappa shape index (κ1) is 12.0. The fourth-order valence-corrected chi connectivity index (χ4v) is 2.16. The van der Waals surface area contributed by atoms with Crippen LogP contribution < -0.4 is 5.32 Å². The Morgan fingerprint density at radius 1 is 1.43 bits per heavy atom. The molecule has 1 aliphatic heterocycles. The maximum Gasteiger partial charge on any atom is 0.0197 e. The maximum atomic E-state index is 3.63. The summed E-state index contributed by atoms with van der Waals surface area (Å²) in [4.78, 5) is 2.44. The predicted octanol–water partition coefficient (Wildman–Crippen LogP) is 2.10. The number of hydrogen-bond donors (Lipinski definition) is 1. The molecule has 1 aliphatic rings. The van der Waals surface area contributed by atoms with Crippen molar-refractivity contribution in [1.82, 2.24) is 10.2 Å². The molecular formula is C12H26N2. The molecule has 1 heterocycles. The zero-order chi connectivity index (χ0) is 10.6. The summed E-state index contributed by atoms with van der Waals surface area (Å²) in [5.74, 6) is 0.960. The zero-order valence-corrected chi connectivity index (χ0v) is 10.2. The van der Waals surface area contributed by atoms with Gasteiger partial charge in [0, 0.05) is 18.6 Å². The van der Waals surface area contributed by atoms with E-state index in [1.165, 1.54) is 32.4 Å². The Balaban J connectivity index is 2.30. The van der Waals surface area contributed by atoms with Gasteiger partial charge < -0.3 is 10.2 Å². The van der Waals surface area contributed by atoms with Gasteiger partial charge in [-0.25, -0.2) is 0 Å². The van der Waals surface area contributed by atoms with Gasteiger partial charge >= 0.3 is 0 Å². The van der Waals surface area contributed by atoms with E-state index in [2.05, 4.69) is 38.0 Å². The fraction of sp³-hybridized carbons (Fsp3) is 1.00. The van der Waals surface area contributed by atoms with Gasteiger partial charge in [0.2, 0.25) is 0 Å². The monoisotopic (exact) mass is 198 g/mol. The second kappa shape index (κ2) is 5.72. The summed E-state index contributed by atoms with van der Waals surface area (Å²) in [6.07, 6.45) is 4.09. The van der Waals surface area contributed by atoms with Crippen molar-refractivity contribution in [2.24, 2.45) is 5.92 Å². The molecule has 1 fully saturated rings. The Bertz CT molecular complexity index is 156. The summed E-state index contributed by atoms with van der Waals surface area (Å²) in [6.45, 7) is 9.27. The van der Waals surface area contributed by atoms with Crippen LogP contribution in [0.1, 0.15) is 40.0 Å². The molecule has 0 aliphatic carbocycles. The zero-order valence-electron chi connectivity index (χ0n) is 10.2. The Labute approximate surface area is 89.1 Å². The fourth-order valence-electron chi connectivity index (χ4n) is 2.16. The summed E-state index contributed by atoms with van der Waals surface area (Å²) < 4.78 is 0. The van der Waals surface area contributed by atoms with Crippen LogP contribution >= 0.6 is 0 Å². The topological polar surface area (TPSA) is 15.3 Å². The van der Waals surface area contributed by atoms with Gasteiger partial charge in [-0.15, -0.1) is 0 Å². The Hall–Kier alpha value is -0.0800. The molecule has 0 aromatic rings. The lowest BCUT2D eigenvalue weighted by Gasteiger charge is -2.33. The molecule has 0 bridgehead atoms. The smallest absolute Gasteiger partial charge is 0.0197 e. The largest absolute Gasteiger partial charge is 0.313 e. The van der Waals surface area contributed by atoms with Gasteiger partial charge in [0.25, 0.3) is 0 Å². The van der Waals surface area contributed by atoms with E-state index in [1.807, 2.05) is 0 Å². The van der Waals surface area contributed by atoms with Crippen LogP contribution in [-0.2, 0) is 0 Å². The van der Waals surface area contributed by atoms with Crippen molar-refractivity contribution < 1.29 is 0 Å². The van der Waals surface area contributed by atoms with Crippen LogP contribution in [0.2, 0.25) is 0 Å². The first-order valence-electron chi connectivity index (χ1n) is 6.07. The molecule has 1 rings (SSSR count). The SMILES string of the molecule is CCC1CCNC(CN(C)C(C)C)C1. The summed E-state index contributed by atoms with van der Waals surface area (Å²) in [6, 6.07) is 1.39. The van der Waals surface area contributed by atoms with E-state index in [1.54, 1.807) is 0 Å². The van der Waals surface area contributed by atoms with Crippen molar-refractivity contribution in [3.05, 3.63) is 0 Å². The van der Waals surface area contributed by atoms with Crippen LogP contribution in [0.15, 0.2) is 0 Å². The van der Waals surface area contributed by atoms with Gasteiger partial charge in [-0.2, -0.15) is 0 Å². The standard InChI is InChI=1S/C12H26N2/c1-5-11-6-7-13-12(8-11)9-14(4)10(2)3/h10-13H,5-9H2,1-4H3. The van der Waals surface area contributed by atoms with Crippen molar-refractivity contribution >= 4 is 0 Å². The highest BCUT2D eigenvalue weighted by Crippen LogP contribution is 2.19. The molecule has 1 saturated heterocycles. The van der Waals surface area contributed by atoms with Gasteiger partial charge in [0.15, 0.2) is 0 Å². The predicted molar refractivity (Wildman–Crippen MR) is 62.6 cm³/mol. The summed E-state index contributed by atoms with van der Waals surface area (Å²) in [7, 11) is 2.22. The van der Waals surface area contributed by atoms with Crippen LogP contribution in [0.4, 0.5) is 0 Å². The Kier molecular flexibility index (Phi) is 4.90. The average Bonchev–Trinajstić information content (AvgIpc) is 2.18. The number of likely N-dealkylation sites (N-methyl/N-ethyl adjacent to an activating group) is 1. The highest BCUT2D eigenvalue weighted by Gasteiger charge is 2.21. The molecule has 0 spiro atoms.